The molecule has 186 valence electrons. The van der Waals surface area contributed by atoms with Gasteiger partial charge in [-0.3, -0.25) is 14.5 Å². The zero-order valence-electron chi connectivity index (χ0n) is 18.9. The van der Waals surface area contributed by atoms with Crippen molar-refractivity contribution in [2.75, 3.05) is 0 Å². The van der Waals surface area contributed by atoms with Gasteiger partial charge in [0.25, 0.3) is 11.1 Å². The summed E-state index contributed by atoms with van der Waals surface area (Å²) >= 11 is 6.57. The summed E-state index contributed by atoms with van der Waals surface area (Å²) in [5, 5.41) is 1.20. The van der Waals surface area contributed by atoms with Crippen LogP contribution in [0.15, 0.2) is 94.7 Å². The van der Waals surface area contributed by atoms with E-state index in [1.165, 1.54) is 54.6 Å². The molecule has 4 aromatic rings. The Balaban J connectivity index is 1.55. The maximum absolute atomic E-state index is 14.1. The molecule has 4 aromatic carbocycles. The number of halogens is 2. The van der Waals surface area contributed by atoms with Gasteiger partial charge in [0.1, 0.15) is 10.7 Å². The molecule has 1 aliphatic rings. The zero-order chi connectivity index (χ0) is 26.2. The summed E-state index contributed by atoms with van der Waals surface area (Å²) in [5.74, 6) is -1.16. The fourth-order valence-corrected chi connectivity index (χ4v) is 5.72. The van der Waals surface area contributed by atoms with E-state index in [0.29, 0.717) is 27.7 Å². The van der Waals surface area contributed by atoms with Gasteiger partial charge in [-0.1, -0.05) is 60.1 Å². The molecule has 1 fully saturated rings. The van der Waals surface area contributed by atoms with Crippen molar-refractivity contribution in [3.63, 3.8) is 0 Å². The molecule has 6 nitrogen and oxygen atoms in total. The van der Waals surface area contributed by atoms with Gasteiger partial charge in [-0.15, -0.1) is 0 Å². The van der Waals surface area contributed by atoms with Gasteiger partial charge in [0.15, 0.2) is 5.75 Å². The SMILES string of the molecule is O=C1S/C(=C\c2c(OS(=O)(=O)c3ccc(Cl)cc3)ccc3ccccc23)C(=O)N1Cc1ccccc1F. The molecule has 0 radical (unpaired) electrons. The molecule has 1 heterocycles. The van der Waals surface area contributed by atoms with Crippen LogP contribution in [0.3, 0.4) is 0 Å². The molecular weight excluding hydrogens is 537 g/mol. The molecule has 0 atom stereocenters. The Kier molecular flexibility index (Phi) is 6.76. The number of rotatable bonds is 6. The lowest BCUT2D eigenvalue weighted by Gasteiger charge is -2.14. The Morgan fingerprint density at radius 2 is 1.62 bits per heavy atom. The van der Waals surface area contributed by atoms with Crippen LogP contribution in [-0.4, -0.2) is 24.5 Å². The van der Waals surface area contributed by atoms with E-state index in [2.05, 4.69) is 0 Å². The van der Waals surface area contributed by atoms with Crippen molar-refractivity contribution in [3.05, 3.63) is 112 Å². The Labute approximate surface area is 221 Å². The maximum atomic E-state index is 14.1. The van der Waals surface area contributed by atoms with E-state index >= 15 is 0 Å². The van der Waals surface area contributed by atoms with E-state index in [4.69, 9.17) is 15.8 Å². The Hall–Kier alpha value is -3.66. The molecule has 1 saturated heterocycles. The van der Waals surface area contributed by atoms with Crippen molar-refractivity contribution in [2.45, 2.75) is 11.4 Å². The van der Waals surface area contributed by atoms with Crippen molar-refractivity contribution in [1.82, 2.24) is 4.90 Å². The maximum Gasteiger partial charge on any atom is 0.339 e. The molecular formula is C27H17ClFNO5S2. The monoisotopic (exact) mass is 553 g/mol. The first-order valence-electron chi connectivity index (χ1n) is 10.9. The average Bonchev–Trinajstić information content (AvgIpc) is 3.14. The van der Waals surface area contributed by atoms with Crippen molar-refractivity contribution in [3.8, 4) is 5.75 Å². The number of carbonyl (C=O) groups is 2. The highest BCUT2D eigenvalue weighted by molar-refractivity contribution is 8.18. The molecule has 10 heteroatoms. The number of benzene rings is 4. The van der Waals surface area contributed by atoms with E-state index in [1.54, 1.807) is 24.3 Å². The van der Waals surface area contributed by atoms with Crippen LogP contribution in [0.1, 0.15) is 11.1 Å². The molecule has 0 bridgehead atoms. The fourth-order valence-electron chi connectivity index (χ4n) is 3.83. The van der Waals surface area contributed by atoms with Crippen LogP contribution in [0.4, 0.5) is 9.18 Å². The van der Waals surface area contributed by atoms with Crippen molar-refractivity contribution < 1.29 is 26.6 Å². The predicted molar refractivity (Wildman–Crippen MR) is 141 cm³/mol. The highest BCUT2D eigenvalue weighted by Crippen LogP contribution is 2.38. The molecule has 2 amide bonds. The summed E-state index contributed by atoms with van der Waals surface area (Å²) in [7, 11) is -4.23. The van der Waals surface area contributed by atoms with Gasteiger partial charge < -0.3 is 4.18 Å². The van der Waals surface area contributed by atoms with Gasteiger partial charge in [-0.05, 0) is 65.0 Å². The number of hydrogen-bond acceptors (Lipinski definition) is 6. The van der Waals surface area contributed by atoms with Gasteiger partial charge in [0.2, 0.25) is 0 Å². The first-order valence-corrected chi connectivity index (χ1v) is 13.5. The molecule has 0 aromatic heterocycles. The average molecular weight is 554 g/mol. The highest BCUT2D eigenvalue weighted by Gasteiger charge is 2.36. The number of thioether (sulfide) groups is 1. The van der Waals surface area contributed by atoms with Gasteiger partial charge in [0, 0.05) is 16.1 Å². The Bertz CT molecular complexity index is 1690. The lowest BCUT2D eigenvalue weighted by atomic mass is 10.0. The van der Waals surface area contributed by atoms with Crippen LogP contribution in [0.25, 0.3) is 16.8 Å². The molecule has 0 aliphatic carbocycles. The number of amides is 2. The third-order valence-electron chi connectivity index (χ3n) is 5.67. The lowest BCUT2D eigenvalue weighted by molar-refractivity contribution is -0.123. The molecule has 0 saturated carbocycles. The standard InChI is InChI=1S/C27H17ClFNO5S2/c28-19-10-12-20(13-11-19)37(33,34)35-24-14-9-17-5-1-3-7-21(17)22(24)15-25-26(31)30(27(32)36-25)16-18-6-2-4-8-23(18)29/h1-15H,16H2/b25-15-. The molecule has 0 unspecified atom stereocenters. The number of carbonyl (C=O) groups excluding carboxylic acids is 2. The molecule has 0 N–H and O–H groups in total. The van der Waals surface area contributed by atoms with Crippen molar-refractivity contribution in [2.24, 2.45) is 0 Å². The number of imide groups is 1. The fraction of sp³-hybridized carbons (Fsp3) is 0.0370. The third kappa shape index (κ3) is 5.11. The van der Waals surface area contributed by atoms with Gasteiger partial charge in [-0.2, -0.15) is 8.42 Å². The molecule has 5 rings (SSSR count). The lowest BCUT2D eigenvalue weighted by Crippen LogP contribution is -2.27. The summed E-state index contributed by atoms with van der Waals surface area (Å²) in [6, 6.07) is 21.8. The summed E-state index contributed by atoms with van der Waals surface area (Å²) in [6.07, 6.45) is 1.43. The second-order valence-electron chi connectivity index (χ2n) is 8.05. The van der Waals surface area contributed by atoms with E-state index < -0.39 is 27.1 Å². The van der Waals surface area contributed by atoms with Crippen LogP contribution >= 0.6 is 23.4 Å². The molecule has 1 aliphatic heterocycles. The van der Waals surface area contributed by atoms with Crippen LogP contribution in [0.5, 0.6) is 5.75 Å². The number of fused-ring (bicyclic) bond motifs is 1. The van der Waals surface area contributed by atoms with Crippen LogP contribution in [0.2, 0.25) is 5.02 Å². The summed E-state index contributed by atoms with van der Waals surface area (Å²) in [5.41, 5.74) is 0.515. The van der Waals surface area contributed by atoms with Crippen molar-refractivity contribution >= 4 is 61.5 Å². The quantitative estimate of drug-likeness (QED) is 0.197. The normalized spacial score (nSPS) is 15.1. The second-order valence-corrected chi connectivity index (χ2v) is 11.0. The molecule has 0 spiro atoms. The summed E-state index contributed by atoms with van der Waals surface area (Å²) in [6.45, 7) is -0.224. The van der Waals surface area contributed by atoms with Crippen LogP contribution in [-0.2, 0) is 21.5 Å². The smallest absolute Gasteiger partial charge is 0.339 e. The van der Waals surface area contributed by atoms with Crippen LogP contribution < -0.4 is 4.18 Å². The van der Waals surface area contributed by atoms with E-state index in [-0.39, 0.29) is 27.7 Å². The number of nitrogens with zero attached hydrogens (tertiary/aromatic N) is 1. The van der Waals surface area contributed by atoms with Gasteiger partial charge in [0.05, 0.1) is 11.4 Å². The summed E-state index contributed by atoms with van der Waals surface area (Å²) in [4.78, 5) is 26.7. The second kappa shape index (κ2) is 10.0. The Morgan fingerprint density at radius 3 is 2.38 bits per heavy atom. The first kappa shape index (κ1) is 25.0. The molecule has 37 heavy (non-hydrogen) atoms. The minimum Gasteiger partial charge on any atom is -0.378 e. The highest BCUT2D eigenvalue weighted by atomic mass is 35.5. The van der Waals surface area contributed by atoms with Gasteiger partial charge >= 0.3 is 10.1 Å². The van der Waals surface area contributed by atoms with Crippen molar-refractivity contribution in [1.29, 1.82) is 0 Å². The minimum absolute atomic E-state index is 0.0189. The van der Waals surface area contributed by atoms with Gasteiger partial charge in [-0.25, -0.2) is 4.39 Å². The number of hydrogen-bond donors (Lipinski definition) is 0. The zero-order valence-corrected chi connectivity index (χ0v) is 21.3. The Morgan fingerprint density at radius 1 is 0.919 bits per heavy atom. The predicted octanol–water partition coefficient (Wildman–Crippen LogP) is 6.64. The van der Waals surface area contributed by atoms with E-state index in [0.717, 1.165) is 10.3 Å². The van der Waals surface area contributed by atoms with E-state index in [9.17, 15) is 22.4 Å². The first-order chi connectivity index (χ1) is 17.7. The minimum atomic E-state index is -4.23. The summed E-state index contributed by atoms with van der Waals surface area (Å²) < 4.78 is 45.6. The van der Waals surface area contributed by atoms with Crippen LogP contribution in [0, 0.1) is 5.82 Å². The third-order valence-corrected chi connectivity index (χ3v) is 8.08. The largest absolute Gasteiger partial charge is 0.378 e. The topological polar surface area (TPSA) is 80.8 Å². The van der Waals surface area contributed by atoms with E-state index in [1.807, 2.05) is 12.1 Å².